The van der Waals surface area contributed by atoms with E-state index in [-0.39, 0.29) is 6.54 Å². The van der Waals surface area contributed by atoms with Crippen LogP contribution in [0.15, 0.2) is 54.6 Å². The fourth-order valence-electron chi connectivity index (χ4n) is 3.67. The lowest BCUT2D eigenvalue weighted by Crippen LogP contribution is -2.45. The number of nitrogens with one attached hydrogen (secondary N) is 1. The van der Waals surface area contributed by atoms with Crippen molar-refractivity contribution in [3.05, 3.63) is 71.5 Å². The topological polar surface area (TPSA) is 69.7 Å². The number of urea groups is 1. The number of carbonyl (C=O) groups is 3. The largest absolute Gasteiger partial charge is 0.340 e. The highest BCUT2D eigenvalue weighted by Gasteiger charge is 2.52. The summed E-state index contributed by atoms with van der Waals surface area (Å²) in [4.78, 5) is 41.0. The molecular weight excluding hydrogens is 385 g/mol. The number of amides is 4. The van der Waals surface area contributed by atoms with Gasteiger partial charge < -0.3 is 10.2 Å². The Labute approximate surface area is 175 Å². The van der Waals surface area contributed by atoms with Crippen LogP contribution in [-0.4, -0.2) is 41.2 Å². The van der Waals surface area contributed by atoms with Gasteiger partial charge in [-0.2, -0.15) is 0 Å². The fourth-order valence-corrected chi connectivity index (χ4v) is 3.67. The monoisotopic (exact) mass is 411 g/mol. The zero-order valence-electron chi connectivity index (χ0n) is 17.2. The van der Waals surface area contributed by atoms with Crippen LogP contribution in [0.4, 0.5) is 9.18 Å². The smallest absolute Gasteiger partial charge is 0.325 e. The van der Waals surface area contributed by atoms with Crippen molar-refractivity contribution in [2.45, 2.75) is 38.3 Å². The lowest BCUT2D eigenvalue weighted by Gasteiger charge is -2.27. The van der Waals surface area contributed by atoms with E-state index in [0.717, 1.165) is 17.7 Å². The number of imide groups is 1. The number of nitrogens with zero attached hydrogens (tertiary/aromatic N) is 2. The van der Waals surface area contributed by atoms with Gasteiger partial charge in [-0.1, -0.05) is 68.3 Å². The van der Waals surface area contributed by atoms with Crippen molar-refractivity contribution in [1.82, 2.24) is 15.1 Å². The summed E-state index contributed by atoms with van der Waals surface area (Å²) in [6.07, 6.45) is 2.06. The van der Waals surface area contributed by atoms with Gasteiger partial charge in [0, 0.05) is 19.2 Å². The van der Waals surface area contributed by atoms with Crippen molar-refractivity contribution >= 4 is 17.8 Å². The van der Waals surface area contributed by atoms with Crippen molar-refractivity contribution < 1.29 is 18.8 Å². The molecule has 1 aliphatic heterocycles. The van der Waals surface area contributed by atoms with E-state index in [4.69, 9.17) is 0 Å². The molecule has 7 heteroatoms. The lowest BCUT2D eigenvalue weighted by atomic mass is 9.85. The highest BCUT2D eigenvalue weighted by Crippen LogP contribution is 2.34. The van der Waals surface area contributed by atoms with Gasteiger partial charge in [-0.25, -0.2) is 9.18 Å². The second-order valence-electron chi connectivity index (χ2n) is 7.54. The number of benzene rings is 2. The normalized spacial score (nSPS) is 18.4. The molecule has 1 unspecified atom stereocenters. The first-order chi connectivity index (χ1) is 14.4. The van der Waals surface area contributed by atoms with Gasteiger partial charge in [-0.3, -0.25) is 14.5 Å². The van der Waals surface area contributed by atoms with Crippen LogP contribution in [0, 0.1) is 5.82 Å². The van der Waals surface area contributed by atoms with Crippen LogP contribution in [-0.2, 0) is 21.7 Å². The maximum Gasteiger partial charge on any atom is 0.325 e. The minimum absolute atomic E-state index is 0.0504. The third-order valence-electron chi connectivity index (χ3n) is 5.43. The summed E-state index contributed by atoms with van der Waals surface area (Å²) in [6, 6.07) is 14.7. The van der Waals surface area contributed by atoms with Crippen LogP contribution in [0.5, 0.6) is 0 Å². The number of hydrogen-bond donors (Lipinski definition) is 1. The molecule has 1 saturated heterocycles. The molecular formula is C23H26FN3O3. The molecule has 2 aromatic rings. The molecule has 2 aromatic carbocycles. The molecule has 0 spiro atoms. The number of unbranched alkanes of at least 4 members (excludes halogenated alkanes) is 1. The Balaban J connectivity index is 1.77. The van der Waals surface area contributed by atoms with Crippen molar-refractivity contribution in [3.63, 3.8) is 0 Å². The van der Waals surface area contributed by atoms with Crippen molar-refractivity contribution in [2.75, 3.05) is 13.6 Å². The van der Waals surface area contributed by atoms with E-state index < -0.39 is 35.7 Å². The molecule has 30 heavy (non-hydrogen) atoms. The van der Waals surface area contributed by atoms with Gasteiger partial charge in [0.05, 0.1) is 0 Å². The average molecular weight is 411 g/mol. The molecule has 0 bridgehead atoms. The highest BCUT2D eigenvalue weighted by molar-refractivity contribution is 6.09. The van der Waals surface area contributed by atoms with Gasteiger partial charge in [0.2, 0.25) is 5.91 Å². The van der Waals surface area contributed by atoms with Crippen LogP contribution in [0.3, 0.4) is 0 Å². The van der Waals surface area contributed by atoms with Crippen molar-refractivity contribution in [1.29, 1.82) is 0 Å². The second-order valence-corrected chi connectivity index (χ2v) is 7.54. The third kappa shape index (κ3) is 4.20. The molecule has 0 saturated carbocycles. The predicted octanol–water partition coefficient (Wildman–Crippen LogP) is 3.42. The van der Waals surface area contributed by atoms with E-state index in [2.05, 4.69) is 5.32 Å². The molecule has 3 rings (SSSR count). The summed E-state index contributed by atoms with van der Waals surface area (Å²) in [5.74, 6) is -1.28. The van der Waals surface area contributed by atoms with Crippen LogP contribution in [0.1, 0.15) is 37.3 Å². The minimum atomic E-state index is -1.17. The maximum atomic E-state index is 13.9. The Kier molecular flexibility index (Phi) is 6.50. The number of likely N-dealkylation sites (N-methyl/N-ethyl adjacent to an activating group) is 1. The van der Waals surface area contributed by atoms with Crippen LogP contribution in [0.25, 0.3) is 0 Å². The van der Waals surface area contributed by atoms with Crippen molar-refractivity contribution in [2.24, 2.45) is 0 Å². The average Bonchev–Trinajstić information content (AvgIpc) is 2.99. The van der Waals surface area contributed by atoms with E-state index in [0.29, 0.717) is 17.5 Å². The number of halogens is 1. The molecule has 1 atom stereocenters. The molecule has 0 aromatic heterocycles. The summed E-state index contributed by atoms with van der Waals surface area (Å²) in [5, 5.41) is 2.83. The molecule has 0 aliphatic carbocycles. The summed E-state index contributed by atoms with van der Waals surface area (Å²) < 4.78 is 13.9. The number of rotatable bonds is 8. The summed E-state index contributed by atoms with van der Waals surface area (Å²) in [6.45, 7) is 1.67. The first-order valence-electron chi connectivity index (χ1n) is 10.1. The molecule has 1 fully saturated rings. The Morgan fingerprint density at radius 2 is 1.77 bits per heavy atom. The SMILES string of the molecule is CCCCC1(c2ccccc2)NC(=O)N(CC(=O)N(C)Cc2ccccc2F)C1=O. The Hall–Kier alpha value is -3.22. The Morgan fingerprint density at radius 3 is 2.43 bits per heavy atom. The number of carbonyl (C=O) groups excluding carboxylic acids is 3. The molecule has 1 aliphatic rings. The Morgan fingerprint density at radius 1 is 1.10 bits per heavy atom. The molecule has 1 N–H and O–H groups in total. The Bertz CT molecular complexity index is 934. The van der Waals surface area contributed by atoms with E-state index in [1.54, 1.807) is 18.2 Å². The molecule has 6 nitrogen and oxygen atoms in total. The minimum Gasteiger partial charge on any atom is -0.340 e. The zero-order valence-corrected chi connectivity index (χ0v) is 17.2. The fraction of sp³-hybridized carbons (Fsp3) is 0.348. The second kappa shape index (κ2) is 9.07. The summed E-state index contributed by atoms with van der Waals surface area (Å²) in [7, 11) is 1.52. The first-order valence-corrected chi connectivity index (χ1v) is 10.1. The van der Waals surface area contributed by atoms with Gasteiger partial charge in [0.25, 0.3) is 5.91 Å². The van der Waals surface area contributed by atoms with Gasteiger partial charge in [-0.15, -0.1) is 0 Å². The van der Waals surface area contributed by atoms with Gasteiger partial charge in [-0.05, 0) is 18.1 Å². The van der Waals surface area contributed by atoms with Crippen molar-refractivity contribution in [3.8, 4) is 0 Å². The molecule has 4 amide bonds. The highest BCUT2D eigenvalue weighted by atomic mass is 19.1. The third-order valence-corrected chi connectivity index (χ3v) is 5.43. The van der Waals surface area contributed by atoms with E-state index >= 15 is 0 Å². The van der Waals surface area contributed by atoms with Gasteiger partial charge >= 0.3 is 6.03 Å². The molecule has 158 valence electrons. The quantitative estimate of drug-likeness (QED) is 0.677. The van der Waals surface area contributed by atoms with Gasteiger partial charge in [0.1, 0.15) is 17.9 Å². The lowest BCUT2D eigenvalue weighted by molar-refractivity contribution is -0.139. The van der Waals surface area contributed by atoms with Crippen LogP contribution < -0.4 is 5.32 Å². The predicted molar refractivity (Wildman–Crippen MR) is 111 cm³/mol. The zero-order chi connectivity index (χ0) is 21.7. The summed E-state index contributed by atoms with van der Waals surface area (Å²) in [5.41, 5.74) is -0.0998. The van der Waals surface area contributed by atoms with E-state index in [9.17, 15) is 18.8 Å². The maximum absolute atomic E-state index is 13.9. The molecule has 0 radical (unpaired) electrons. The number of hydrogen-bond acceptors (Lipinski definition) is 3. The van der Waals surface area contributed by atoms with Gasteiger partial charge in [0.15, 0.2) is 0 Å². The van der Waals surface area contributed by atoms with E-state index in [1.165, 1.54) is 18.0 Å². The standard InChI is InChI=1S/C23H26FN3O3/c1-3-4-14-23(18-11-6-5-7-12-18)21(29)27(22(30)25-23)16-20(28)26(2)15-17-10-8-9-13-19(17)24/h5-13H,3-4,14-16H2,1-2H3,(H,25,30). The van der Waals surface area contributed by atoms with Crippen LogP contribution in [0.2, 0.25) is 0 Å². The van der Waals surface area contributed by atoms with E-state index in [1.807, 2.05) is 37.3 Å². The van der Waals surface area contributed by atoms with Crippen LogP contribution >= 0.6 is 0 Å². The first kappa shape index (κ1) is 21.5. The molecule has 1 heterocycles. The summed E-state index contributed by atoms with van der Waals surface area (Å²) >= 11 is 0.